The number of piperidine rings is 1. The van der Waals surface area contributed by atoms with Crippen LogP contribution in [0.3, 0.4) is 0 Å². The van der Waals surface area contributed by atoms with Crippen LogP contribution in [0.5, 0.6) is 0 Å². The van der Waals surface area contributed by atoms with Crippen LogP contribution in [0, 0.1) is 5.92 Å². The Morgan fingerprint density at radius 1 is 1.33 bits per heavy atom. The van der Waals surface area contributed by atoms with Crippen molar-refractivity contribution in [3.8, 4) is 0 Å². The summed E-state index contributed by atoms with van der Waals surface area (Å²) < 4.78 is 0. The van der Waals surface area contributed by atoms with Gasteiger partial charge in [-0.3, -0.25) is 4.90 Å². The Kier molecular flexibility index (Phi) is 4.38. The minimum absolute atomic E-state index is 0.0630. The third-order valence-corrected chi connectivity index (χ3v) is 3.98. The van der Waals surface area contributed by atoms with Crippen molar-refractivity contribution < 1.29 is 5.11 Å². The molecular formula is C15H24N2O. The standard InChI is InChI=1S/C15H24N2O/c1-11-8-9-17(10-14(11)18)15(12(2)16)13-6-4-3-5-7-13/h3-7,11-12,14-15,18H,8-10,16H2,1-2H3. The van der Waals surface area contributed by atoms with Gasteiger partial charge in [0.15, 0.2) is 0 Å². The SMILES string of the molecule is CC(N)C(c1ccccc1)N1CCC(C)C(O)C1. The van der Waals surface area contributed by atoms with E-state index in [0.717, 1.165) is 19.5 Å². The number of nitrogens with zero attached hydrogens (tertiary/aromatic N) is 1. The molecule has 1 saturated heterocycles. The van der Waals surface area contributed by atoms with Gasteiger partial charge in [0.1, 0.15) is 0 Å². The van der Waals surface area contributed by atoms with Crippen LogP contribution in [0.4, 0.5) is 0 Å². The van der Waals surface area contributed by atoms with Gasteiger partial charge < -0.3 is 10.8 Å². The van der Waals surface area contributed by atoms with Crippen LogP contribution in [-0.2, 0) is 0 Å². The number of nitrogens with two attached hydrogens (primary N) is 1. The smallest absolute Gasteiger partial charge is 0.0693 e. The Bertz CT molecular complexity index is 366. The first-order chi connectivity index (χ1) is 8.59. The summed E-state index contributed by atoms with van der Waals surface area (Å²) in [5, 5.41) is 10.0. The first-order valence-corrected chi connectivity index (χ1v) is 6.82. The highest BCUT2D eigenvalue weighted by molar-refractivity contribution is 5.20. The fourth-order valence-corrected chi connectivity index (χ4v) is 2.82. The number of hydrogen-bond acceptors (Lipinski definition) is 3. The van der Waals surface area contributed by atoms with Gasteiger partial charge in [-0.25, -0.2) is 0 Å². The van der Waals surface area contributed by atoms with E-state index in [0.29, 0.717) is 5.92 Å². The summed E-state index contributed by atoms with van der Waals surface area (Å²) >= 11 is 0. The molecule has 3 heteroatoms. The lowest BCUT2D eigenvalue weighted by atomic mass is 9.91. The third-order valence-electron chi connectivity index (χ3n) is 3.98. The predicted octanol–water partition coefficient (Wildman–Crippen LogP) is 1.78. The molecule has 0 spiro atoms. The Hall–Kier alpha value is -0.900. The van der Waals surface area contributed by atoms with Crippen molar-refractivity contribution >= 4 is 0 Å². The molecule has 1 aromatic rings. The summed E-state index contributed by atoms with van der Waals surface area (Å²) in [6, 6.07) is 10.6. The highest BCUT2D eigenvalue weighted by Crippen LogP contribution is 2.28. The van der Waals surface area contributed by atoms with Gasteiger partial charge in [0.05, 0.1) is 6.10 Å². The first kappa shape index (κ1) is 13.5. The summed E-state index contributed by atoms with van der Waals surface area (Å²) in [4.78, 5) is 2.32. The van der Waals surface area contributed by atoms with Crippen molar-refractivity contribution in [2.24, 2.45) is 11.7 Å². The molecule has 0 bridgehead atoms. The minimum Gasteiger partial charge on any atom is -0.392 e. The number of β-amino-alcohol motifs (C(OH)–C–C–N with tert-alkyl or cyclic N) is 1. The van der Waals surface area contributed by atoms with Gasteiger partial charge in [0.25, 0.3) is 0 Å². The van der Waals surface area contributed by atoms with E-state index in [1.165, 1.54) is 5.56 Å². The van der Waals surface area contributed by atoms with Gasteiger partial charge in [-0.2, -0.15) is 0 Å². The van der Waals surface area contributed by atoms with Gasteiger partial charge in [-0.05, 0) is 31.4 Å². The average Bonchev–Trinajstić information content (AvgIpc) is 2.35. The fraction of sp³-hybridized carbons (Fsp3) is 0.600. The third kappa shape index (κ3) is 2.91. The van der Waals surface area contributed by atoms with E-state index in [9.17, 15) is 5.11 Å². The molecule has 0 aliphatic carbocycles. The quantitative estimate of drug-likeness (QED) is 0.857. The van der Waals surface area contributed by atoms with Crippen LogP contribution in [0.25, 0.3) is 0 Å². The van der Waals surface area contributed by atoms with Crippen molar-refractivity contribution in [3.05, 3.63) is 35.9 Å². The van der Waals surface area contributed by atoms with Crippen LogP contribution < -0.4 is 5.73 Å². The largest absolute Gasteiger partial charge is 0.392 e. The van der Waals surface area contributed by atoms with E-state index >= 15 is 0 Å². The molecule has 0 saturated carbocycles. The molecule has 3 nitrogen and oxygen atoms in total. The maximum atomic E-state index is 10.0. The number of rotatable bonds is 3. The van der Waals surface area contributed by atoms with E-state index in [-0.39, 0.29) is 18.2 Å². The van der Waals surface area contributed by atoms with Crippen molar-refractivity contribution in [1.82, 2.24) is 4.90 Å². The van der Waals surface area contributed by atoms with Crippen LogP contribution in [-0.4, -0.2) is 35.2 Å². The highest BCUT2D eigenvalue weighted by atomic mass is 16.3. The minimum atomic E-state index is -0.233. The summed E-state index contributed by atoms with van der Waals surface area (Å²) in [6.45, 7) is 5.90. The summed E-state index contributed by atoms with van der Waals surface area (Å²) in [6.07, 6.45) is 0.806. The van der Waals surface area contributed by atoms with E-state index < -0.39 is 0 Å². The van der Waals surface area contributed by atoms with Gasteiger partial charge in [0, 0.05) is 18.6 Å². The van der Waals surface area contributed by atoms with E-state index in [2.05, 4.69) is 24.0 Å². The molecule has 1 heterocycles. The Labute approximate surface area is 110 Å². The molecule has 4 unspecified atom stereocenters. The lowest BCUT2D eigenvalue weighted by Crippen LogP contribution is -2.48. The second-order valence-corrected chi connectivity index (χ2v) is 5.54. The number of likely N-dealkylation sites (tertiary alicyclic amines) is 1. The zero-order valence-corrected chi connectivity index (χ0v) is 11.3. The van der Waals surface area contributed by atoms with Crippen molar-refractivity contribution in [2.45, 2.75) is 38.5 Å². The monoisotopic (exact) mass is 248 g/mol. The molecule has 1 aromatic carbocycles. The molecule has 2 rings (SSSR count). The molecule has 18 heavy (non-hydrogen) atoms. The zero-order chi connectivity index (χ0) is 13.1. The van der Waals surface area contributed by atoms with Gasteiger partial charge in [0.2, 0.25) is 0 Å². The molecule has 1 aliphatic rings. The molecule has 3 N–H and O–H groups in total. The second kappa shape index (κ2) is 5.83. The van der Waals surface area contributed by atoms with Crippen LogP contribution >= 0.6 is 0 Å². The topological polar surface area (TPSA) is 49.5 Å². The Morgan fingerprint density at radius 3 is 2.56 bits per heavy atom. The molecule has 0 amide bonds. The molecule has 1 fully saturated rings. The van der Waals surface area contributed by atoms with Crippen molar-refractivity contribution in [2.75, 3.05) is 13.1 Å². The van der Waals surface area contributed by atoms with Gasteiger partial charge in [-0.1, -0.05) is 37.3 Å². The summed E-state index contributed by atoms with van der Waals surface area (Å²) in [7, 11) is 0. The molecule has 100 valence electrons. The van der Waals surface area contributed by atoms with Crippen molar-refractivity contribution in [1.29, 1.82) is 0 Å². The average molecular weight is 248 g/mol. The fourth-order valence-electron chi connectivity index (χ4n) is 2.82. The van der Waals surface area contributed by atoms with Gasteiger partial charge >= 0.3 is 0 Å². The molecule has 1 aliphatic heterocycles. The van der Waals surface area contributed by atoms with E-state index in [1.807, 2.05) is 25.1 Å². The Balaban J connectivity index is 2.16. The van der Waals surface area contributed by atoms with Crippen molar-refractivity contribution in [3.63, 3.8) is 0 Å². The molecule has 0 radical (unpaired) electrons. The number of aliphatic hydroxyl groups excluding tert-OH is 1. The van der Waals surface area contributed by atoms with E-state index in [4.69, 9.17) is 5.73 Å². The number of benzene rings is 1. The lowest BCUT2D eigenvalue weighted by molar-refractivity contribution is 0.00540. The maximum Gasteiger partial charge on any atom is 0.0693 e. The van der Waals surface area contributed by atoms with Crippen LogP contribution in [0.1, 0.15) is 31.9 Å². The second-order valence-electron chi connectivity index (χ2n) is 5.54. The van der Waals surface area contributed by atoms with E-state index in [1.54, 1.807) is 0 Å². The summed E-state index contributed by atoms with van der Waals surface area (Å²) in [5.41, 5.74) is 7.40. The molecule has 0 aromatic heterocycles. The summed E-state index contributed by atoms with van der Waals surface area (Å²) in [5.74, 6) is 0.394. The highest BCUT2D eigenvalue weighted by Gasteiger charge is 2.31. The molecule has 4 atom stereocenters. The van der Waals surface area contributed by atoms with Gasteiger partial charge in [-0.15, -0.1) is 0 Å². The zero-order valence-electron chi connectivity index (χ0n) is 11.3. The first-order valence-electron chi connectivity index (χ1n) is 6.82. The number of aliphatic hydroxyl groups is 1. The number of hydrogen-bond donors (Lipinski definition) is 2. The lowest BCUT2D eigenvalue weighted by Gasteiger charge is -2.41. The van der Waals surface area contributed by atoms with Crippen LogP contribution in [0.2, 0.25) is 0 Å². The predicted molar refractivity (Wildman–Crippen MR) is 74.2 cm³/mol. The Morgan fingerprint density at radius 2 is 2.00 bits per heavy atom. The maximum absolute atomic E-state index is 10.0. The normalized spacial score (nSPS) is 28.9. The molecular weight excluding hydrogens is 224 g/mol. The van der Waals surface area contributed by atoms with Crippen LogP contribution in [0.15, 0.2) is 30.3 Å².